The molecule has 2 aromatic carbocycles. The molecule has 1 heterocycles. The summed E-state index contributed by atoms with van der Waals surface area (Å²) in [7, 11) is 1.59. The molecule has 3 atom stereocenters. The summed E-state index contributed by atoms with van der Waals surface area (Å²) in [4.78, 5) is 38.8. The number of carboxylic acid groups (broad SMARTS) is 2. The zero-order valence-corrected chi connectivity index (χ0v) is 15.6. The van der Waals surface area contributed by atoms with E-state index < -0.39 is 42.5 Å². The summed E-state index contributed by atoms with van der Waals surface area (Å²) in [5, 5.41) is 19.0. The number of β-lactam (4-membered cyclic amide) rings is 1. The number of amides is 1. The zero-order valence-electron chi connectivity index (χ0n) is 15.6. The highest BCUT2D eigenvalue weighted by molar-refractivity contribution is 5.93. The van der Waals surface area contributed by atoms with E-state index in [1.165, 1.54) is 9.80 Å². The lowest BCUT2D eigenvalue weighted by Crippen LogP contribution is -2.66. The van der Waals surface area contributed by atoms with Crippen LogP contribution in [0.15, 0.2) is 54.6 Å². The maximum atomic E-state index is 12.8. The fourth-order valence-electron chi connectivity index (χ4n) is 3.72. The third kappa shape index (κ3) is 3.61. The number of hydrogen-bond acceptors (Lipinski definition) is 4. The van der Waals surface area contributed by atoms with Crippen LogP contribution in [0.5, 0.6) is 0 Å². The molecule has 7 heteroatoms. The minimum Gasteiger partial charge on any atom is -0.480 e. The fourth-order valence-corrected chi connectivity index (χ4v) is 3.72. The molecule has 146 valence electrons. The fraction of sp³-hybridized carbons (Fsp3) is 0.286. The van der Waals surface area contributed by atoms with E-state index >= 15 is 0 Å². The third-order valence-electron chi connectivity index (χ3n) is 5.09. The van der Waals surface area contributed by atoms with Gasteiger partial charge < -0.3 is 15.1 Å². The second-order valence-electron chi connectivity index (χ2n) is 6.98. The highest BCUT2D eigenvalue weighted by Crippen LogP contribution is 2.40. The molecule has 0 bridgehead atoms. The summed E-state index contributed by atoms with van der Waals surface area (Å²) in [6.45, 7) is 1.51. The van der Waals surface area contributed by atoms with Gasteiger partial charge in [0.1, 0.15) is 18.6 Å². The third-order valence-corrected chi connectivity index (χ3v) is 5.09. The number of carbonyl (C=O) groups is 3. The molecule has 1 unspecified atom stereocenters. The number of aliphatic carboxylic acids is 2. The largest absolute Gasteiger partial charge is 0.480 e. The number of nitrogens with zero attached hydrogens (tertiary/aromatic N) is 2. The Balaban J connectivity index is 1.97. The summed E-state index contributed by atoms with van der Waals surface area (Å²) in [5.74, 6) is -2.57. The molecule has 0 saturated carbocycles. The van der Waals surface area contributed by atoms with Gasteiger partial charge in [-0.2, -0.15) is 0 Å². The van der Waals surface area contributed by atoms with Gasteiger partial charge in [-0.05, 0) is 25.1 Å². The van der Waals surface area contributed by atoms with Crippen LogP contribution in [0.2, 0.25) is 0 Å². The van der Waals surface area contributed by atoms with E-state index in [4.69, 9.17) is 0 Å². The van der Waals surface area contributed by atoms with Crippen molar-refractivity contribution in [3.8, 4) is 0 Å². The van der Waals surface area contributed by atoms with Gasteiger partial charge in [0, 0.05) is 0 Å². The molecule has 28 heavy (non-hydrogen) atoms. The maximum absolute atomic E-state index is 12.8. The molecule has 0 aliphatic carbocycles. The average Bonchev–Trinajstić information content (AvgIpc) is 2.65. The van der Waals surface area contributed by atoms with Crippen molar-refractivity contribution in [3.63, 3.8) is 0 Å². The molecule has 2 N–H and O–H groups in total. The lowest BCUT2D eigenvalue weighted by atomic mass is 9.85. The summed E-state index contributed by atoms with van der Waals surface area (Å²) < 4.78 is 0. The van der Waals surface area contributed by atoms with Gasteiger partial charge in [0.05, 0.1) is 6.04 Å². The Hall–Kier alpha value is -3.19. The van der Waals surface area contributed by atoms with Gasteiger partial charge in [-0.15, -0.1) is 0 Å². The molecule has 1 aliphatic rings. The van der Waals surface area contributed by atoms with Crippen molar-refractivity contribution in [1.29, 1.82) is 0 Å². The Morgan fingerprint density at radius 3 is 2.21 bits per heavy atom. The van der Waals surface area contributed by atoms with Crippen LogP contribution in [-0.4, -0.2) is 57.5 Å². The number of benzene rings is 2. The zero-order chi connectivity index (χ0) is 20.4. The molecule has 0 spiro atoms. The van der Waals surface area contributed by atoms with E-state index in [2.05, 4.69) is 0 Å². The normalized spacial score (nSPS) is 20.0. The second kappa shape index (κ2) is 7.82. The first kappa shape index (κ1) is 19.6. The van der Waals surface area contributed by atoms with E-state index in [1.54, 1.807) is 37.4 Å². The maximum Gasteiger partial charge on any atom is 0.325 e. The van der Waals surface area contributed by atoms with Crippen molar-refractivity contribution in [2.75, 3.05) is 13.6 Å². The van der Waals surface area contributed by atoms with Gasteiger partial charge >= 0.3 is 11.9 Å². The topological polar surface area (TPSA) is 98.2 Å². The van der Waals surface area contributed by atoms with Crippen molar-refractivity contribution in [2.24, 2.45) is 0 Å². The molecule has 2 aromatic rings. The van der Waals surface area contributed by atoms with Gasteiger partial charge in [0.25, 0.3) is 0 Å². The molecule has 7 nitrogen and oxygen atoms in total. The quantitative estimate of drug-likeness (QED) is 0.712. The molecular weight excluding hydrogens is 360 g/mol. The van der Waals surface area contributed by atoms with Crippen LogP contribution >= 0.6 is 0 Å². The van der Waals surface area contributed by atoms with Crippen molar-refractivity contribution >= 4 is 17.8 Å². The second-order valence-corrected chi connectivity index (χ2v) is 6.98. The van der Waals surface area contributed by atoms with Gasteiger partial charge in [-0.3, -0.25) is 19.3 Å². The molecule has 0 aromatic heterocycles. The van der Waals surface area contributed by atoms with Gasteiger partial charge in [0.2, 0.25) is 5.91 Å². The van der Waals surface area contributed by atoms with E-state index in [-0.39, 0.29) is 0 Å². The first-order valence-electron chi connectivity index (χ1n) is 8.89. The number of carboxylic acids is 2. The SMILES string of the molecule is Cc1ccc([C@@H]2[C@H](N(C)C(C(=O)O)c3ccccc3)C(=O)N2CC(=O)O)cc1. The smallest absolute Gasteiger partial charge is 0.325 e. The Kier molecular flexibility index (Phi) is 5.46. The number of carbonyl (C=O) groups excluding carboxylic acids is 1. The predicted molar refractivity (Wildman–Crippen MR) is 102 cm³/mol. The Labute approximate surface area is 162 Å². The molecular formula is C21H22N2O5. The average molecular weight is 382 g/mol. The predicted octanol–water partition coefficient (Wildman–Crippen LogP) is 2.09. The first-order valence-corrected chi connectivity index (χ1v) is 8.89. The molecule has 1 amide bonds. The Morgan fingerprint density at radius 2 is 1.68 bits per heavy atom. The van der Waals surface area contributed by atoms with Crippen LogP contribution in [0.3, 0.4) is 0 Å². The molecule has 3 rings (SSSR count). The van der Waals surface area contributed by atoms with Crippen molar-refractivity contribution in [2.45, 2.75) is 25.0 Å². The first-order chi connectivity index (χ1) is 13.3. The lowest BCUT2D eigenvalue weighted by molar-refractivity contribution is -0.169. The van der Waals surface area contributed by atoms with E-state index in [9.17, 15) is 24.6 Å². The molecule has 0 radical (unpaired) electrons. The number of rotatable bonds is 7. The number of likely N-dealkylation sites (N-methyl/N-ethyl adjacent to an activating group) is 1. The van der Waals surface area contributed by atoms with Crippen molar-refractivity contribution in [3.05, 3.63) is 71.3 Å². The summed E-state index contributed by atoms with van der Waals surface area (Å²) in [5.41, 5.74) is 2.38. The molecule has 1 aliphatic heterocycles. The Morgan fingerprint density at radius 1 is 1.07 bits per heavy atom. The van der Waals surface area contributed by atoms with Crippen LogP contribution in [0.4, 0.5) is 0 Å². The van der Waals surface area contributed by atoms with Crippen LogP contribution in [0, 0.1) is 6.92 Å². The molecule has 1 saturated heterocycles. The summed E-state index contributed by atoms with van der Waals surface area (Å²) in [6.07, 6.45) is 0. The number of hydrogen-bond donors (Lipinski definition) is 2. The number of likely N-dealkylation sites (tertiary alicyclic amines) is 1. The minimum atomic E-state index is -1.11. The van der Waals surface area contributed by atoms with E-state index in [0.29, 0.717) is 5.56 Å². The number of aryl methyl sites for hydroxylation is 1. The van der Waals surface area contributed by atoms with Crippen LogP contribution < -0.4 is 0 Å². The van der Waals surface area contributed by atoms with Crippen molar-refractivity contribution < 1.29 is 24.6 Å². The van der Waals surface area contributed by atoms with Gasteiger partial charge in [-0.1, -0.05) is 60.2 Å². The van der Waals surface area contributed by atoms with Crippen molar-refractivity contribution in [1.82, 2.24) is 9.80 Å². The van der Waals surface area contributed by atoms with E-state index in [0.717, 1.165) is 11.1 Å². The molecule has 1 fully saturated rings. The van der Waals surface area contributed by atoms with E-state index in [1.807, 2.05) is 31.2 Å². The van der Waals surface area contributed by atoms with Gasteiger partial charge in [0.15, 0.2) is 0 Å². The Bertz CT molecular complexity index is 881. The monoisotopic (exact) mass is 382 g/mol. The minimum absolute atomic E-state index is 0.391. The highest BCUT2D eigenvalue weighted by atomic mass is 16.4. The van der Waals surface area contributed by atoms with Crippen LogP contribution in [-0.2, 0) is 14.4 Å². The van der Waals surface area contributed by atoms with Crippen LogP contribution in [0.25, 0.3) is 0 Å². The highest BCUT2D eigenvalue weighted by Gasteiger charge is 2.53. The standard InChI is InChI=1S/C21H22N2O5/c1-13-8-10-15(11-9-13)17-19(20(26)23(17)12-16(24)25)22(2)18(21(27)28)14-6-4-3-5-7-14/h3-11,17-19H,12H2,1-2H3,(H,24,25)(H,27,28)/t17-,18?,19+/m1/s1. The summed E-state index contributed by atoms with van der Waals surface area (Å²) in [6, 6.07) is 13.9. The lowest BCUT2D eigenvalue weighted by Gasteiger charge is -2.51. The summed E-state index contributed by atoms with van der Waals surface area (Å²) >= 11 is 0. The van der Waals surface area contributed by atoms with Gasteiger partial charge in [-0.25, -0.2) is 0 Å². The van der Waals surface area contributed by atoms with Crippen LogP contribution in [0.1, 0.15) is 28.8 Å².